The molecule has 4 unspecified atom stereocenters. The van der Waals surface area contributed by atoms with E-state index in [-0.39, 0.29) is 13.0 Å². The summed E-state index contributed by atoms with van der Waals surface area (Å²) in [5.41, 5.74) is 0.760. The molecule has 1 fully saturated rings. The second kappa shape index (κ2) is 6.54. The van der Waals surface area contributed by atoms with Crippen LogP contribution in [0.1, 0.15) is 12.0 Å². The Morgan fingerprint density at radius 3 is 2.56 bits per heavy atom. The number of hydrogen-bond donors (Lipinski definition) is 3. The topological polar surface area (TPSA) is 69.9 Å². The van der Waals surface area contributed by atoms with E-state index in [0.29, 0.717) is 0 Å². The second-order valence-electron chi connectivity index (χ2n) is 4.39. The summed E-state index contributed by atoms with van der Waals surface area (Å²) in [6.07, 6.45) is -1.84. The Bertz CT molecular complexity index is 359. The van der Waals surface area contributed by atoms with Crippen molar-refractivity contribution in [2.75, 3.05) is 6.61 Å². The number of ether oxygens (including phenoxy) is 1. The number of benzene rings is 1. The molecule has 0 radical (unpaired) electrons. The predicted molar refractivity (Wildman–Crippen MR) is 70.1 cm³/mol. The largest absolute Gasteiger partial charge is 0.394 e. The number of rotatable bonds is 4. The number of thioether (sulfide) groups is 1. The van der Waals surface area contributed by atoms with Crippen molar-refractivity contribution in [2.45, 2.75) is 35.9 Å². The van der Waals surface area contributed by atoms with Gasteiger partial charge in [0.25, 0.3) is 0 Å². The van der Waals surface area contributed by atoms with Crippen molar-refractivity contribution >= 4 is 11.8 Å². The first-order chi connectivity index (χ1) is 8.70. The lowest BCUT2D eigenvalue weighted by molar-refractivity contribution is -0.149. The van der Waals surface area contributed by atoms with E-state index in [9.17, 15) is 10.2 Å². The van der Waals surface area contributed by atoms with Gasteiger partial charge >= 0.3 is 0 Å². The molecule has 100 valence electrons. The van der Waals surface area contributed by atoms with Crippen LogP contribution in [0.5, 0.6) is 0 Å². The third-order valence-electron chi connectivity index (χ3n) is 2.97. The zero-order valence-electron chi connectivity index (χ0n) is 9.98. The van der Waals surface area contributed by atoms with E-state index >= 15 is 0 Å². The van der Waals surface area contributed by atoms with Gasteiger partial charge in [-0.15, -0.1) is 11.8 Å². The fraction of sp³-hybridized carbons (Fsp3) is 0.538. The molecule has 1 saturated heterocycles. The second-order valence-corrected chi connectivity index (χ2v) is 5.48. The molecule has 0 aromatic heterocycles. The highest BCUT2D eigenvalue weighted by Crippen LogP contribution is 2.29. The molecule has 5 heteroatoms. The van der Waals surface area contributed by atoms with Crippen LogP contribution in [0, 0.1) is 0 Å². The van der Waals surface area contributed by atoms with Crippen LogP contribution >= 0.6 is 11.8 Å². The number of aliphatic hydroxyl groups excluding tert-OH is 3. The van der Waals surface area contributed by atoms with E-state index in [1.165, 1.54) is 11.8 Å². The fourth-order valence-corrected chi connectivity index (χ4v) is 3.04. The molecule has 0 spiro atoms. The monoisotopic (exact) mass is 270 g/mol. The summed E-state index contributed by atoms with van der Waals surface area (Å²) in [4.78, 5) is 0. The average molecular weight is 270 g/mol. The summed E-state index contributed by atoms with van der Waals surface area (Å²) < 4.78 is 5.49. The molecule has 0 aliphatic carbocycles. The van der Waals surface area contributed by atoms with Gasteiger partial charge in [-0.2, -0.15) is 0 Å². The summed E-state index contributed by atoms with van der Waals surface area (Å²) in [6.45, 7) is -0.226. The first-order valence-electron chi connectivity index (χ1n) is 5.98. The summed E-state index contributed by atoms with van der Waals surface area (Å²) >= 11 is 1.49. The molecule has 4 atom stereocenters. The van der Waals surface area contributed by atoms with Crippen LogP contribution in [0.3, 0.4) is 0 Å². The molecule has 1 aromatic rings. The lowest BCUT2D eigenvalue weighted by atomic mass is 10.0. The minimum Gasteiger partial charge on any atom is -0.394 e. The van der Waals surface area contributed by atoms with E-state index in [1.54, 1.807) is 0 Å². The quantitative estimate of drug-likeness (QED) is 0.753. The lowest BCUT2D eigenvalue weighted by Crippen LogP contribution is -2.47. The van der Waals surface area contributed by atoms with Gasteiger partial charge in [-0.3, -0.25) is 0 Å². The molecule has 1 heterocycles. The summed E-state index contributed by atoms with van der Waals surface area (Å²) in [6, 6.07) is 9.92. The smallest absolute Gasteiger partial charge is 0.130 e. The van der Waals surface area contributed by atoms with Gasteiger partial charge in [0.1, 0.15) is 11.5 Å². The maximum absolute atomic E-state index is 9.84. The average Bonchev–Trinajstić information content (AvgIpc) is 2.39. The summed E-state index contributed by atoms with van der Waals surface area (Å²) in [7, 11) is 0. The Morgan fingerprint density at radius 1 is 1.17 bits per heavy atom. The molecular weight excluding hydrogens is 252 g/mol. The maximum atomic E-state index is 9.84. The first kappa shape index (κ1) is 13.8. The van der Waals surface area contributed by atoms with Crippen LogP contribution in [-0.4, -0.2) is 45.7 Å². The van der Waals surface area contributed by atoms with Crippen LogP contribution in [0.2, 0.25) is 0 Å². The first-order valence-corrected chi connectivity index (χ1v) is 7.03. The van der Waals surface area contributed by atoms with E-state index in [4.69, 9.17) is 9.84 Å². The maximum Gasteiger partial charge on any atom is 0.130 e. The molecular formula is C13H18O4S. The molecule has 1 aromatic carbocycles. The van der Waals surface area contributed by atoms with Crippen molar-refractivity contribution in [2.24, 2.45) is 0 Å². The Morgan fingerprint density at radius 2 is 1.89 bits per heavy atom. The third kappa shape index (κ3) is 3.46. The van der Waals surface area contributed by atoms with E-state index in [1.807, 2.05) is 30.3 Å². The minimum absolute atomic E-state index is 0.226. The number of hydrogen-bond acceptors (Lipinski definition) is 5. The predicted octanol–water partition coefficient (Wildman–Crippen LogP) is 0.749. The molecule has 3 N–H and O–H groups in total. The molecule has 0 saturated carbocycles. The highest BCUT2D eigenvalue weighted by molar-refractivity contribution is 7.99. The zero-order chi connectivity index (χ0) is 13.0. The van der Waals surface area contributed by atoms with E-state index in [0.717, 1.165) is 11.3 Å². The Hall–Kier alpha value is -0.590. The summed E-state index contributed by atoms with van der Waals surface area (Å²) in [5, 5.41) is 28.5. The van der Waals surface area contributed by atoms with Crippen molar-refractivity contribution in [3.63, 3.8) is 0 Å². The van der Waals surface area contributed by atoms with Crippen molar-refractivity contribution < 1.29 is 20.1 Å². The zero-order valence-corrected chi connectivity index (χ0v) is 10.8. The van der Waals surface area contributed by atoms with Crippen LogP contribution < -0.4 is 0 Å². The van der Waals surface area contributed by atoms with Crippen LogP contribution in [0.25, 0.3) is 0 Å². The third-order valence-corrected chi connectivity index (χ3v) is 4.23. The molecule has 2 rings (SSSR count). The van der Waals surface area contributed by atoms with Gasteiger partial charge in [0, 0.05) is 12.2 Å². The lowest BCUT2D eigenvalue weighted by Gasteiger charge is -2.36. The standard InChI is InChI=1S/C13H18O4S/c14-7-12-10(15)6-11(16)13(17-12)18-8-9-4-2-1-3-5-9/h1-5,10-16H,6-8H2. The SMILES string of the molecule is OCC1OC(SCc2ccccc2)C(O)CC1O. The Labute approximate surface area is 111 Å². The van der Waals surface area contributed by atoms with Gasteiger partial charge in [0.15, 0.2) is 0 Å². The molecule has 4 nitrogen and oxygen atoms in total. The Kier molecular flexibility index (Phi) is 5.03. The highest BCUT2D eigenvalue weighted by Gasteiger charge is 2.35. The number of aliphatic hydroxyl groups is 3. The molecule has 0 amide bonds. The van der Waals surface area contributed by atoms with Crippen molar-refractivity contribution in [3.05, 3.63) is 35.9 Å². The van der Waals surface area contributed by atoms with Gasteiger partial charge in [-0.1, -0.05) is 30.3 Å². The molecule has 1 aliphatic heterocycles. The van der Waals surface area contributed by atoms with Crippen molar-refractivity contribution in [1.29, 1.82) is 0 Å². The van der Waals surface area contributed by atoms with Crippen LogP contribution in [0.15, 0.2) is 30.3 Å². The van der Waals surface area contributed by atoms with Gasteiger partial charge in [-0.25, -0.2) is 0 Å². The van der Waals surface area contributed by atoms with Gasteiger partial charge in [0.2, 0.25) is 0 Å². The molecule has 1 aliphatic rings. The van der Waals surface area contributed by atoms with Crippen molar-refractivity contribution in [1.82, 2.24) is 0 Å². The normalized spacial score (nSPS) is 32.4. The molecule has 0 bridgehead atoms. The van der Waals surface area contributed by atoms with Gasteiger partial charge in [-0.05, 0) is 5.56 Å². The van der Waals surface area contributed by atoms with Crippen LogP contribution in [0.4, 0.5) is 0 Å². The fourth-order valence-electron chi connectivity index (χ4n) is 1.93. The van der Waals surface area contributed by atoms with Crippen LogP contribution in [-0.2, 0) is 10.5 Å². The highest BCUT2D eigenvalue weighted by atomic mass is 32.2. The molecule has 18 heavy (non-hydrogen) atoms. The van der Waals surface area contributed by atoms with E-state index in [2.05, 4.69) is 0 Å². The van der Waals surface area contributed by atoms with Gasteiger partial charge in [0.05, 0.1) is 18.8 Å². The van der Waals surface area contributed by atoms with Crippen molar-refractivity contribution in [3.8, 4) is 0 Å². The Balaban J connectivity index is 1.88. The van der Waals surface area contributed by atoms with Gasteiger partial charge < -0.3 is 20.1 Å². The van der Waals surface area contributed by atoms with E-state index < -0.39 is 23.7 Å². The minimum atomic E-state index is -0.793. The summed E-state index contributed by atoms with van der Waals surface area (Å²) in [5.74, 6) is 0.733.